The molecule has 0 saturated carbocycles. The Labute approximate surface area is 187 Å². The van der Waals surface area contributed by atoms with Crippen LogP contribution in [0.4, 0.5) is 0 Å². The van der Waals surface area contributed by atoms with Crippen LogP contribution in [0.15, 0.2) is 18.2 Å². The average Bonchev–Trinajstić information content (AvgIpc) is 2.66. The number of aliphatic hydroxyl groups excluding tert-OH is 1. The summed E-state index contributed by atoms with van der Waals surface area (Å²) >= 11 is 6.04. The van der Waals surface area contributed by atoms with Crippen molar-refractivity contribution in [2.45, 2.75) is 58.8 Å². The molecule has 1 rings (SSSR count). The second kappa shape index (κ2) is 11.9. The minimum Gasteiger partial charge on any atom is -0.491 e. The van der Waals surface area contributed by atoms with Crippen molar-refractivity contribution in [1.29, 1.82) is 0 Å². The van der Waals surface area contributed by atoms with Crippen molar-refractivity contribution >= 4 is 29.4 Å². The molecule has 0 spiro atoms. The number of nitrogens with one attached hydrogen (secondary N) is 2. The van der Waals surface area contributed by atoms with Crippen LogP contribution in [0.25, 0.3) is 0 Å². The van der Waals surface area contributed by atoms with Crippen molar-refractivity contribution in [1.82, 2.24) is 10.6 Å². The van der Waals surface area contributed by atoms with E-state index in [2.05, 4.69) is 10.6 Å². The van der Waals surface area contributed by atoms with Crippen LogP contribution in [0, 0.1) is 11.8 Å². The number of aliphatic hydroxyl groups is 1. The molecule has 31 heavy (non-hydrogen) atoms. The molecule has 0 aliphatic carbocycles. The molecule has 6 N–H and O–H groups in total. The van der Waals surface area contributed by atoms with Gasteiger partial charge < -0.3 is 31.3 Å². The van der Waals surface area contributed by atoms with Crippen LogP contribution in [0.5, 0.6) is 5.75 Å². The zero-order valence-corrected chi connectivity index (χ0v) is 19.1. The highest BCUT2D eigenvalue weighted by atomic mass is 35.5. The van der Waals surface area contributed by atoms with E-state index in [0.717, 1.165) is 0 Å². The topological polar surface area (TPSA) is 151 Å². The Kier molecular flexibility index (Phi) is 10.2. The van der Waals surface area contributed by atoms with Gasteiger partial charge in [0.15, 0.2) is 6.04 Å². The number of carboxylic acid groups (broad SMARTS) is 1. The fraction of sp³-hybridized carbons (Fsp3) is 0.571. The van der Waals surface area contributed by atoms with Crippen LogP contribution in [0.2, 0.25) is 5.02 Å². The zero-order chi connectivity index (χ0) is 23.9. The first-order chi connectivity index (χ1) is 14.3. The van der Waals surface area contributed by atoms with Crippen molar-refractivity contribution in [3.05, 3.63) is 28.8 Å². The third kappa shape index (κ3) is 8.01. The quantitative estimate of drug-likeness (QED) is 0.337. The average molecular weight is 458 g/mol. The van der Waals surface area contributed by atoms with Crippen LogP contribution in [0.1, 0.15) is 45.0 Å². The third-order valence-corrected chi connectivity index (χ3v) is 4.99. The lowest BCUT2D eigenvalue weighted by Crippen LogP contribution is -2.56. The summed E-state index contributed by atoms with van der Waals surface area (Å²) in [6.07, 6.45) is -1.31. The molecule has 4 atom stereocenters. The Balaban J connectivity index is 3.05. The van der Waals surface area contributed by atoms with Crippen molar-refractivity contribution in [2.75, 3.05) is 6.61 Å². The molecule has 0 fully saturated rings. The number of carbonyl (C=O) groups excluding carboxylic acids is 2. The first-order valence-corrected chi connectivity index (χ1v) is 10.4. The van der Waals surface area contributed by atoms with Gasteiger partial charge in [0.25, 0.3) is 5.91 Å². The number of rotatable bonds is 11. The summed E-state index contributed by atoms with van der Waals surface area (Å²) in [6.45, 7) is 8.71. The summed E-state index contributed by atoms with van der Waals surface area (Å²) in [5, 5.41) is 24.0. The maximum Gasteiger partial charge on any atom is 0.328 e. The van der Waals surface area contributed by atoms with Gasteiger partial charge in [0.1, 0.15) is 18.4 Å². The number of benzene rings is 1. The predicted octanol–water partition coefficient (Wildman–Crippen LogP) is 1.41. The van der Waals surface area contributed by atoms with Gasteiger partial charge in [-0.05, 0) is 37.0 Å². The number of nitrogens with two attached hydrogens (primary N) is 1. The highest BCUT2D eigenvalue weighted by molar-refractivity contribution is 6.30. The molecule has 174 valence electrons. The van der Waals surface area contributed by atoms with E-state index >= 15 is 0 Å². The number of halogens is 1. The Bertz CT molecular complexity index is 784. The Morgan fingerprint density at radius 3 is 2.16 bits per heavy atom. The fourth-order valence-electron chi connectivity index (χ4n) is 2.57. The van der Waals surface area contributed by atoms with Gasteiger partial charge in [-0.3, -0.25) is 9.59 Å². The fourth-order valence-corrected chi connectivity index (χ4v) is 2.73. The number of ether oxygens (including phenoxy) is 1. The molecule has 10 heteroatoms. The number of hydrogen-bond acceptors (Lipinski definition) is 6. The molecular weight excluding hydrogens is 426 g/mol. The van der Waals surface area contributed by atoms with E-state index in [1.807, 2.05) is 13.8 Å². The van der Waals surface area contributed by atoms with Gasteiger partial charge in [0.05, 0.1) is 11.7 Å². The number of carboxylic acids is 1. The number of amides is 2. The van der Waals surface area contributed by atoms with E-state index in [1.165, 1.54) is 25.1 Å². The van der Waals surface area contributed by atoms with E-state index in [1.54, 1.807) is 13.8 Å². The maximum atomic E-state index is 12.9. The molecule has 0 aromatic heterocycles. The number of carbonyl (C=O) groups is 3. The molecule has 0 aliphatic rings. The summed E-state index contributed by atoms with van der Waals surface area (Å²) in [6, 6.07) is 1.68. The van der Waals surface area contributed by atoms with Gasteiger partial charge >= 0.3 is 5.97 Å². The normalized spacial score (nSPS) is 15.2. The standard InChI is InChI=1S/C21H32ClN3O6/c1-10(2)15(23)9-31-16-8-13(22)6-7-14(16)19(27)24-17(11(3)4)20(28)25-18(12(5)26)21(29)30/h6-8,10-12,15,17-18,26H,9,23H2,1-5H3,(H,24,27)(H,25,28)(H,29,30)/t12-,15+,17+,18+/m1/s1. The van der Waals surface area contributed by atoms with E-state index < -0.39 is 36.0 Å². The first kappa shape index (κ1) is 26.7. The van der Waals surface area contributed by atoms with Gasteiger partial charge in [-0.2, -0.15) is 0 Å². The molecule has 0 bridgehead atoms. The summed E-state index contributed by atoms with van der Waals surface area (Å²) in [5.41, 5.74) is 6.16. The zero-order valence-electron chi connectivity index (χ0n) is 18.4. The molecule has 1 aromatic rings. The number of hydrogen-bond donors (Lipinski definition) is 5. The van der Waals surface area contributed by atoms with Crippen LogP contribution in [0.3, 0.4) is 0 Å². The van der Waals surface area contributed by atoms with Crippen molar-refractivity contribution in [3.8, 4) is 5.75 Å². The minimum absolute atomic E-state index is 0.157. The lowest BCUT2D eigenvalue weighted by atomic mass is 10.0. The molecular formula is C21H32ClN3O6. The summed E-state index contributed by atoms with van der Waals surface area (Å²) in [7, 11) is 0. The first-order valence-electron chi connectivity index (χ1n) is 10.0. The molecule has 9 nitrogen and oxygen atoms in total. The summed E-state index contributed by atoms with van der Waals surface area (Å²) in [4.78, 5) is 36.8. The van der Waals surface area contributed by atoms with E-state index in [4.69, 9.17) is 22.1 Å². The van der Waals surface area contributed by atoms with Crippen LogP contribution < -0.4 is 21.1 Å². The molecule has 0 saturated heterocycles. The molecule has 0 aliphatic heterocycles. The summed E-state index contributed by atoms with van der Waals surface area (Å²) in [5.74, 6) is -2.68. The van der Waals surface area contributed by atoms with Crippen LogP contribution in [-0.2, 0) is 9.59 Å². The highest BCUT2D eigenvalue weighted by Crippen LogP contribution is 2.24. The van der Waals surface area contributed by atoms with Gasteiger partial charge in [0, 0.05) is 11.1 Å². The largest absolute Gasteiger partial charge is 0.491 e. The number of aliphatic carboxylic acids is 1. The van der Waals surface area contributed by atoms with Crippen LogP contribution in [-0.4, -0.2) is 58.8 Å². The maximum absolute atomic E-state index is 12.9. The van der Waals surface area contributed by atoms with Crippen molar-refractivity contribution in [3.63, 3.8) is 0 Å². The molecule has 1 aromatic carbocycles. The van der Waals surface area contributed by atoms with E-state index in [-0.39, 0.29) is 35.8 Å². The second-order valence-electron chi connectivity index (χ2n) is 8.12. The van der Waals surface area contributed by atoms with Gasteiger partial charge in [0.2, 0.25) is 5.91 Å². The molecule has 2 amide bonds. The third-order valence-electron chi connectivity index (χ3n) is 4.76. The minimum atomic E-state index is -1.50. The lowest BCUT2D eigenvalue weighted by Gasteiger charge is -2.25. The smallest absolute Gasteiger partial charge is 0.328 e. The van der Waals surface area contributed by atoms with E-state index in [9.17, 15) is 24.6 Å². The van der Waals surface area contributed by atoms with Crippen molar-refractivity contribution in [2.24, 2.45) is 17.6 Å². The van der Waals surface area contributed by atoms with Crippen LogP contribution >= 0.6 is 11.6 Å². The Morgan fingerprint density at radius 1 is 1.06 bits per heavy atom. The predicted molar refractivity (Wildman–Crippen MR) is 117 cm³/mol. The van der Waals surface area contributed by atoms with Gasteiger partial charge in [-0.25, -0.2) is 4.79 Å². The molecule has 0 heterocycles. The Morgan fingerprint density at radius 2 is 1.68 bits per heavy atom. The monoisotopic (exact) mass is 457 g/mol. The second-order valence-corrected chi connectivity index (χ2v) is 8.56. The molecule has 0 radical (unpaired) electrons. The SMILES string of the molecule is CC(C)[C@H](NC(=O)c1ccc(Cl)cc1OC[C@H](N)C(C)C)C(=O)N[C@H](C(=O)O)[C@@H](C)O. The van der Waals surface area contributed by atoms with Gasteiger partial charge in [-0.1, -0.05) is 39.3 Å². The lowest BCUT2D eigenvalue weighted by molar-refractivity contribution is -0.145. The highest BCUT2D eigenvalue weighted by Gasteiger charge is 2.31. The van der Waals surface area contributed by atoms with E-state index in [0.29, 0.717) is 5.02 Å². The summed E-state index contributed by atoms with van der Waals surface area (Å²) < 4.78 is 5.71. The Hall–Kier alpha value is -2.36. The molecule has 0 unspecified atom stereocenters. The van der Waals surface area contributed by atoms with Crippen molar-refractivity contribution < 1.29 is 29.3 Å². The van der Waals surface area contributed by atoms with Gasteiger partial charge in [-0.15, -0.1) is 0 Å².